The molecule has 1 heterocycles. The van der Waals surface area contributed by atoms with Gasteiger partial charge in [-0.05, 0) is 85.2 Å². The van der Waals surface area contributed by atoms with E-state index in [-0.39, 0.29) is 6.10 Å². The molecule has 0 N–H and O–H groups in total. The summed E-state index contributed by atoms with van der Waals surface area (Å²) >= 11 is 0. The summed E-state index contributed by atoms with van der Waals surface area (Å²) in [5.41, 5.74) is 6.71. The van der Waals surface area contributed by atoms with Crippen molar-refractivity contribution in [1.29, 1.82) is 0 Å². The molecule has 0 bridgehead atoms. The van der Waals surface area contributed by atoms with E-state index in [1.807, 2.05) is 38.1 Å². The Hall–Kier alpha value is -2.52. The monoisotopic (exact) mass is 376 g/mol. The molecule has 1 atom stereocenters. The van der Waals surface area contributed by atoms with Crippen molar-refractivity contribution in [3.63, 3.8) is 0 Å². The third-order valence-electron chi connectivity index (χ3n) is 5.40. The molecule has 0 spiro atoms. The molecular formula is C25H28O3. The van der Waals surface area contributed by atoms with E-state index < -0.39 is 0 Å². The van der Waals surface area contributed by atoms with Crippen LogP contribution in [0.3, 0.4) is 0 Å². The van der Waals surface area contributed by atoms with Crippen LogP contribution in [0.2, 0.25) is 0 Å². The number of rotatable bonds is 6. The van der Waals surface area contributed by atoms with Gasteiger partial charge in [0.25, 0.3) is 0 Å². The second kappa shape index (κ2) is 8.66. The van der Waals surface area contributed by atoms with Crippen LogP contribution in [0.15, 0.2) is 65.3 Å². The highest BCUT2D eigenvalue weighted by Crippen LogP contribution is 2.44. The molecule has 4 rings (SSSR count). The summed E-state index contributed by atoms with van der Waals surface area (Å²) in [6, 6.07) is 16.7. The molecule has 2 aliphatic rings. The zero-order chi connectivity index (χ0) is 19.3. The van der Waals surface area contributed by atoms with E-state index in [4.69, 9.17) is 14.2 Å². The van der Waals surface area contributed by atoms with Crippen molar-refractivity contribution in [2.24, 2.45) is 0 Å². The van der Waals surface area contributed by atoms with E-state index >= 15 is 0 Å². The number of hydrogen-bond donors (Lipinski definition) is 0. The third-order valence-corrected chi connectivity index (χ3v) is 5.40. The summed E-state index contributed by atoms with van der Waals surface area (Å²) in [4.78, 5) is 0. The van der Waals surface area contributed by atoms with Crippen molar-refractivity contribution in [3.05, 3.63) is 76.4 Å². The fourth-order valence-corrected chi connectivity index (χ4v) is 4.11. The minimum atomic E-state index is 0.0784. The third kappa shape index (κ3) is 4.00. The SMILES string of the molecule is CCOc1ccc(/C=C2/CCCC3=C2CO[C@@H]3c2ccc(OCC)cc2)cc1. The molecule has 2 aromatic rings. The van der Waals surface area contributed by atoms with E-state index in [0.717, 1.165) is 24.3 Å². The first-order valence-corrected chi connectivity index (χ1v) is 10.3. The van der Waals surface area contributed by atoms with Crippen LogP contribution in [0.4, 0.5) is 0 Å². The Morgan fingerprint density at radius 2 is 1.54 bits per heavy atom. The zero-order valence-electron chi connectivity index (χ0n) is 16.7. The molecule has 28 heavy (non-hydrogen) atoms. The second-order valence-corrected chi connectivity index (χ2v) is 7.22. The topological polar surface area (TPSA) is 27.7 Å². The molecule has 1 aliphatic carbocycles. The molecule has 0 saturated heterocycles. The zero-order valence-corrected chi connectivity index (χ0v) is 16.7. The number of hydrogen-bond acceptors (Lipinski definition) is 3. The summed E-state index contributed by atoms with van der Waals surface area (Å²) in [6.45, 7) is 6.10. The van der Waals surface area contributed by atoms with Crippen molar-refractivity contribution < 1.29 is 14.2 Å². The van der Waals surface area contributed by atoms with Crippen LogP contribution in [0.25, 0.3) is 6.08 Å². The molecule has 0 amide bonds. The number of benzene rings is 2. The Labute approximate surface area is 167 Å². The highest BCUT2D eigenvalue weighted by atomic mass is 16.5. The Morgan fingerprint density at radius 3 is 2.18 bits per heavy atom. The van der Waals surface area contributed by atoms with Gasteiger partial charge in [0, 0.05) is 0 Å². The summed E-state index contributed by atoms with van der Waals surface area (Å²) in [5, 5.41) is 0. The first-order valence-electron chi connectivity index (χ1n) is 10.3. The fourth-order valence-electron chi connectivity index (χ4n) is 4.11. The largest absolute Gasteiger partial charge is 0.494 e. The average molecular weight is 376 g/mol. The maximum absolute atomic E-state index is 6.23. The van der Waals surface area contributed by atoms with Crippen LogP contribution >= 0.6 is 0 Å². The quantitative estimate of drug-likeness (QED) is 0.608. The molecule has 0 aromatic heterocycles. The summed E-state index contributed by atoms with van der Waals surface area (Å²) in [5.74, 6) is 1.84. The minimum absolute atomic E-state index is 0.0784. The van der Waals surface area contributed by atoms with E-state index in [1.165, 1.54) is 34.3 Å². The molecular weight excluding hydrogens is 348 g/mol. The molecule has 3 nitrogen and oxygen atoms in total. The van der Waals surface area contributed by atoms with Crippen molar-refractivity contribution in [2.75, 3.05) is 19.8 Å². The highest BCUT2D eigenvalue weighted by molar-refractivity contribution is 5.62. The smallest absolute Gasteiger partial charge is 0.119 e. The Morgan fingerprint density at radius 1 is 0.893 bits per heavy atom. The summed E-state index contributed by atoms with van der Waals surface area (Å²) in [7, 11) is 0. The lowest BCUT2D eigenvalue weighted by molar-refractivity contribution is 0.120. The maximum Gasteiger partial charge on any atom is 0.119 e. The number of ether oxygens (including phenoxy) is 3. The summed E-state index contributed by atoms with van der Waals surface area (Å²) in [6.07, 6.45) is 5.81. The van der Waals surface area contributed by atoms with Gasteiger partial charge in [-0.25, -0.2) is 0 Å². The summed E-state index contributed by atoms with van der Waals surface area (Å²) < 4.78 is 17.3. The van der Waals surface area contributed by atoms with Gasteiger partial charge in [0.05, 0.1) is 19.8 Å². The van der Waals surface area contributed by atoms with Crippen molar-refractivity contribution in [2.45, 2.75) is 39.2 Å². The van der Waals surface area contributed by atoms with Crippen LogP contribution in [0.1, 0.15) is 50.3 Å². The van der Waals surface area contributed by atoms with E-state index in [0.29, 0.717) is 19.8 Å². The van der Waals surface area contributed by atoms with Gasteiger partial charge in [0.1, 0.15) is 17.6 Å². The van der Waals surface area contributed by atoms with Crippen LogP contribution in [-0.2, 0) is 4.74 Å². The van der Waals surface area contributed by atoms with Crippen LogP contribution in [0, 0.1) is 0 Å². The van der Waals surface area contributed by atoms with Gasteiger partial charge in [0.2, 0.25) is 0 Å². The van der Waals surface area contributed by atoms with Crippen LogP contribution in [-0.4, -0.2) is 19.8 Å². The van der Waals surface area contributed by atoms with Crippen molar-refractivity contribution in [3.8, 4) is 11.5 Å². The lowest BCUT2D eigenvalue weighted by atomic mass is 9.84. The predicted octanol–water partition coefficient (Wildman–Crippen LogP) is 6.12. The fraction of sp³-hybridized carbons (Fsp3) is 0.360. The Bertz CT molecular complexity index is 860. The first-order chi connectivity index (χ1) is 13.8. The minimum Gasteiger partial charge on any atom is -0.494 e. The lowest BCUT2D eigenvalue weighted by Gasteiger charge is -2.20. The molecule has 3 heteroatoms. The van der Waals surface area contributed by atoms with Crippen LogP contribution in [0.5, 0.6) is 11.5 Å². The molecule has 0 radical (unpaired) electrons. The van der Waals surface area contributed by atoms with Crippen molar-refractivity contribution >= 4 is 6.08 Å². The normalized spacial score (nSPS) is 20.4. The van der Waals surface area contributed by atoms with Gasteiger partial charge in [-0.2, -0.15) is 0 Å². The molecule has 0 unspecified atom stereocenters. The molecule has 2 aromatic carbocycles. The molecule has 0 fully saturated rings. The van der Waals surface area contributed by atoms with Gasteiger partial charge < -0.3 is 14.2 Å². The van der Waals surface area contributed by atoms with Gasteiger partial charge in [-0.3, -0.25) is 0 Å². The molecule has 146 valence electrons. The predicted molar refractivity (Wildman–Crippen MR) is 113 cm³/mol. The average Bonchev–Trinajstić information content (AvgIpc) is 3.16. The first kappa shape index (κ1) is 18.8. The Kier molecular flexibility index (Phi) is 5.82. The standard InChI is InChI=1S/C25H28O3/c1-3-26-21-12-8-18(9-13-21)16-20-6-5-7-23-24(20)17-28-25(23)19-10-14-22(15-11-19)27-4-2/h8-16,25H,3-7,17H2,1-2H3/b20-16-/t25-/m1/s1. The molecule has 0 saturated carbocycles. The Balaban J connectivity index is 1.57. The van der Waals surface area contributed by atoms with Gasteiger partial charge in [-0.15, -0.1) is 0 Å². The molecule has 1 aliphatic heterocycles. The van der Waals surface area contributed by atoms with Crippen LogP contribution < -0.4 is 9.47 Å². The van der Waals surface area contributed by atoms with Crippen molar-refractivity contribution in [1.82, 2.24) is 0 Å². The van der Waals surface area contributed by atoms with Gasteiger partial charge in [-0.1, -0.05) is 30.3 Å². The lowest BCUT2D eigenvalue weighted by Crippen LogP contribution is -2.05. The van der Waals surface area contributed by atoms with E-state index in [9.17, 15) is 0 Å². The van der Waals surface area contributed by atoms with E-state index in [1.54, 1.807) is 0 Å². The van der Waals surface area contributed by atoms with Gasteiger partial charge >= 0.3 is 0 Å². The highest BCUT2D eigenvalue weighted by Gasteiger charge is 2.31. The van der Waals surface area contributed by atoms with E-state index in [2.05, 4.69) is 30.3 Å². The second-order valence-electron chi connectivity index (χ2n) is 7.22. The van der Waals surface area contributed by atoms with Gasteiger partial charge in [0.15, 0.2) is 0 Å². The maximum atomic E-state index is 6.23.